The lowest BCUT2D eigenvalue weighted by Crippen LogP contribution is -2.41. The second-order valence-electron chi connectivity index (χ2n) is 7.88. The van der Waals surface area contributed by atoms with Crippen molar-refractivity contribution in [1.82, 2.24) is 24.9 Å². The van der Waals surface area contributed by atoms with Crippen molar-refractivity contribution in [3.8, 4) is 5.75 Å². The van der Waals surface area contributed by atoms with Gasteiger partial charge in [-0.2, -0.15) is 0 Å². The van der Waals surface area contributed by atoms with Gasteiger partial charge >= 0.3 is 6.03 Å². The van der Waals surface area contributed by atoms with Crippen molar-refractivity contribution in [2.24, 2.45) is 11.8 Å². The minimum absolute atomic E-state index is 0.0558. The van der Waals surface area contributed by atoms with Crippen LogP contribution in [0.2, 0.25) is 0 Å². The molecule has 3 heterocycles. The molecule has 2 aliphatic rings. The average Bonchev–Trinajstić information content (AvgIpc) is 3.35. The Bertz CT molecular complexity index is 835. The van der Waals surface area contributed by atoms with Crippen LogP contribution in [0.4, 0.5) is 4.79 Å². The molecule has 0 N–H and O–H groups in total. The largest absolute Gasteiger partial charge is 0.497 e. The predicted molar refractivity (Wildman–Crippen MR) is 103 cm³/mol. The van der Waals surface area contributed by atoms with Crippen LogP contribution in [0.5, 0.6) is 5.75 Å². The summed E-state index contributed by atoms with van der Waals surface area (Å²) < 4.78 is 10.8. The number of aryl methyl sites for hydroxylation is 1. The van der Waals surface area contributed by atoms with E-state index in [1.165, 1.54) is 0 Å². The Morgan fingerprint density at radius 2 is 1.96 bits per heavy atom. The summed E-state index contributed by atoms with van der Waals surface area (Å²) in [6.45, 7) is 5.05. The van der Waals surface area contributed by atoms with Crippen LogP contribution >= 0.6 is 0 Å². The fourth-order valence-electron chi connectivity index (χ4n) is 4.54. The van der Waals surface area contributed by atoms with Crippen LogP contribution in [-0.2, 0) is 6.54 Å². The maximum Gasteiger partial charge on any atom is 0.320 e. The van der Waals surface area contributed by atoms with Crippen LogP contribution < -0.4 is 4.74 Å². The molecular weight excluding hydrogens is 358 g/mol. The van der Waals surface area contributed by atoms with Crippen molar-refractivity contribution in [3.63, 3.8) is 0 Å². The minimum atomic E-state index is 0.0558. The Labute approximate surface area is 165 Å². The lowest BCUT2D eigenvalue weighted by atomic mass is 9.89. The molecule has 1 aromatic heterocycles. The lowest BCUT2D eigenvalue weighted by molar-refractivity contribution is 0.150. The second-order valence-corrected chi connectivity index (χ2v) is 7.88. The van der Waals surface area contributed by atoms with Crippen molar-refractivity contribution in [1.29, 1.82) is 0 Å². The smallest absolute Gasteiger partial charge is 0.320 e. The number of ether oxygens (including phenoxy) is 1. The first-order chi connectivity index (χ1) is 13.5. The van der Waals surface area contributed by atoms with Gasteiger partial charge in [0.25, 0.3) is 0 Å². The van der Waals surface area contributed by atoms with Gasteiger partial charge in [0.05, 0.1) is 19.7 Å². The van der Waals surface area contributed by atoms with Gasteiger partial charge in [0.2, 0.25) is 11.8 Å². The van der Waals surface area contributed by atoms with Crippen molar-refractivity contribution in [2.75, 3.05) is 40.8 Å². The summed E-state index contributed by atoms with van der Waals surface area (Å²) in [4.78, 5) is 18.9. The number of hydrogen-bond donors (Lipinski definition) is 0. The van der Waals surface area contributed by atoms with Gasteiger partial charge in [-0.1, -0.05) is 12.1 Å². The highest BCUT2D eigenvalue weighted by atomic mass is 16.5. The number of amides is 2. The molecule has 8 nitrogen and oxygen atoms in total. The van der Waals surface area contributed by atoms with E-state index in [1.807, 2.05) is 31.1 Å². The highest BCUT2D eigenvalue weighted by Gasteiger charge is 2.49. The van der Waals surface area contributed by atoms with Crippen LogP contribution in [0, 0.1) is 18.8 Å². The summed E-state index contributed by atoms with van der Waals surface area (Å²) in [5.74, 6) is 2.87. The van der Waals surface area contributed by atoms with Crippen molar-refractivity contribution in [2.45, 2.75) is 19.5 Å². The number of methoxy groups -OCH3 is 1. The summed E-state index contributed by atoms with van der Waals surface area (Å²) >= 11 is 0. The number of nitrogens with zero attached hydrogens (tertiary/aromatic N) is 5. The third-order valence-electron chi connectivity index (χ3n) is 5.75. The molecule has 0 spiro atoms. The van der Waals surface area contributed by atoms with E-state index in [9.17, 15) is 4.79 Å². The zero-order valence-corrected chi connectivity index (χ0v) is 16.8. The van der Waals surface area contributed by atoms with Gasteiger partial charge in [0, 0.05) is 46.6 Å². The number of carbonyl (C=O) groups excluding carboxylic acids is 1. The summed E-state index contributed by atoms with van der Waals surface area (Å²) in [6.07, 6.45) is 0. The van der Waals surface area contributed by atoms with Crippen LogP contribution in [0.3, 0.4) is 0 Å². The average molecular weight is 385 g/mol. The molecular formula is C20H27N5O3. The number of rotatable bonds is 4. The first kappa shape index (κ1) is 18.7. The van der Waals surface area contributed by atoms with Crippen molar-refractivity contribution < 1.29 is 13.9 Å². The van der Waals surface area contributed by atoms with E-state index in [-0.39, 0.29) is 12.1 Å². The van der Waals surface area contributed by atoms with E-state index in [4.69, 9.17) is 9.15 Å². The summed E-state index contributed by atoms with van der Waals surface area (Å²) in [6, 6.07) is 8.20. The lowest BCUT2D eigenvalue weighted by Gasteiger charge is -2.31. The van der Waals surface area contributed by atoms with Gasteiger partial charge in [-0.3, -0.25) is 4.90 Å². The summed E-state index contributed by atoms with van der Waals surface area (Å²) in [5, 5.41) is 8.04. The number of fused-ring (bicyclic) bond motifs is 1. The predicted octanol–water partition coefficient (Wildman–Crippen LogP) is 2.17. The Hall–Kier alpha value is -2.61. The molecule has 0 bridgehead atoms. The molecule has 2 amide bonds. The van der Waals surface area contributed by atoms with E-state index in [0.717, 1.165) is 30.9 Å². The summed E-state index contributed by atoms with van der Waals surface area (Å²) in [7, 11) is 5.29. The number of benzene rings is 1. The number of carbonyl (C=O) groups is 1. The molecule has 0 saturated carbocycles. The molecule has 8 heteroatoms. The van der Waals surface area contributed by atoms with Crippen molar-refractivity contribution >= 4 is 6.03 Å². The molecule has 2 aliphatic heterocycles. The van der Waals surface area contributed by atoms with Crippen LogP contribution in [0.15, 0.2) is 28.7 Å². The normalized spacial score (nSPS) is 24.4. The SMILES string of the molecule is COc1ccc([C@H]2[C@@H]3CN(Cc4nnc(C)o4)C[C@@H]3CN2C(=O)N(C)C)cc1. The second kappa shape index (κ2) is 7.43. The molecule has 2 aromatic rings. The van der Waals surface area contributed by atoms with E-state index in [2.05, 4.69) is 27.2 Å². The molecule has 150 valence electrons. The number of hydrogen-bond acceptors (Lipinski definition) is 6. The topological polar surface area (TPSA) is 74.9 Å². The third kappa shape index (κ3) is 3.44. The zero-order chi connectivity index (χ0) is 19.8. The van der Waals surface area contributed by atoms with Gasteiger partial charge in [0.15, 0.2) is 0 Å². The first-order valence-electron chi connectivity index (χ1n) is 9.59. The van der Waals surface area contributed by atoms with Crippen LogP contribution in [-0.4, -0.2) is 71.8 Å². The molecule has 4 rings (SSSR count). The first-order valence-corrected chi connectivity index (χ1v) is 9.59. The Balaban J connectivity index is 1.56. The van der Waals surface area contributed by atoms with Crippen LogP contribution in [0.25, 0.3) is 0 Å². The number of likely N-dealkylation sites (tertiary alicyclic amines) is 2. The monoisotopic (exact) mass is 385 g/mol. The van der Waals surface area contributed by atoms with E-state index < -0.39 is 0 Å². The Morgan fingerprint density at radius 3 is 2.57 bits per heavy atom. The van der Waals surface area contributed by atoms with E-state index in [0.29, 0.717) is 30.2 Å². The zero-order valence-electron chi connectivity index (χ0n) is 16.8. The fraction of sp³-hybridized carbons (Fsp3) is 0.550. The highest BCUT2D eigenvalue weighted by Crippen LogP contribution is 2.45. The van der Waals surface area contributed by atoms with E-state index in [1.54, 1.807) is 18.9 Å². The molecule has 0 radical (unpaired) electrons. The van der Waals surface area contributed by atoms with Gasteiger partial charge in [-0.25, -0.2) is 4.79 Å². The molecule has 0 aliphatic carbocycles. The van der Waals surface area contributed by atoms with E-state index >= 15 is 0 Å². The van der Waals surface area contributed by atoms with Crippen LogP contribution in [0.1, 0.15) is 23.4 Å². The highest BCUT2D eigenvalue weighted by molar-refractivity contribution is 5.75. The van der Waals surface area contributed by atoms with Gasteiger partial charge in [-0.05, 0) is 23.6 Å². The molecule has 2 fully saturated rings. The fourth-order valence-corrected chi connectivity index (χ4v) is 4.54. The maximum atomic E-state index is 12.8. The molecule has 28 heavy (non-hydrogen) atoms. The Kier molecular flexibility index (Phi) is 4.97. The molecule has 0 unspecified atom stereocenters. The molecule has 3 atom stereocenters. The van der Waals surface area contributed by atoms with Gasteiger partial charge < -0.3 is 19.0 Å². The quantitative estimate of drug-likeness (QED) is 0.803. The Morgan fingerprint density at radius 1 is 1.21 bits per heavy atom. The van der Waals surface area contributed by atoms with Crippen molar-refractivity contribution in [3.05, 3.63) is 41.6 Å². The standard InChI is InChI=1S/C20H27N5O3/c1-13-21-22-18(28-13)12-24-9-15-10-25(20(26)23(2)3)19(17(15)11-24)14-5-7-16(27-4)8-6-14/h5-8,15,17,19H,9-12H2,1-4H3/t15-,17-,19+/m1/s1. The van der Waals surface area contributed by atoms with Gasteiger partial charge in [-0.15, -0.1) is 10.2 Å². The number of urea groups is 1. The minimum Gasteiger partial charge on any atom is -0.497 e. The number of aromatic nitrogens is 2. The third-order valence-corrected chi connectivity index (χ3v) is 5.75. The summed E-state index contributed by atoms with van der Waals surface area (Å²) in [5.41, 5.74) is 1.15. The van der Waals surface area contributed by atoms with Gasteiger partial charge in [0.1, 0.15) is 5.75 Å². The molecule has 1 aromatic carbocycles. The molecule has 2 saturated heterocycles. The maximum absolute atomic E-state index is 12.8.